The summed E-state index contributed by atoms with van der Waals surface area (Å²) in [5, 5.41) is 0. The van der Waals surface area contributed by atoms with Crippen molar-refractivity contribution >= 4 is 17.9 Å². The van der Waals surface area contributed by atoms with Crippen molar-refractivity contribution in [1.29, 1.82) is 0 Å². The first kappa shape index (κ1) is 72.1. The monoisotopic (exact) mass is 1050 g/mol. The van der Waals surface area contributed by atoms with E-state index in [4.69, 9.17) is 14.2 Å². The Morgan fingerprint density at radius 1 is 0.276 bits per heavy atom. The number of carbonyl (C=O) groups excluding carboxylic acids is 3. The van der Waals surface area contributed by atoms with E-state index < -0.39 is 6.10 Å². The van der Waals surface area contributed by atoms with Crippen LogP contribution in [-0.2, 0) is 28.6 Å². The van der Waals surface area contributed by atoms with Gasteiger partial charge < -0.3 is 14.2 Å². The molecule has 0 aliphatic rings. The van der Waals surface area contributed by atoms with Crippen LogP contribution in [0, 0.1) is 0 Å². The largest absolute Gasteiger partial charge is 0.462 e. The molecule has 0 saturated heterocycles. The van der Waals surface area contributed by atoms with Gasteiger partial charge in [-0.15, -0.1) is 0 Å². The minimum atomic E-state index is -0.778. The van der Waals surface area contributed by atoms with Crippen molar-refractivity contribution in [3.8, 4) is 0 Å². The molecule has 0 rings (SSSR count). The molecule has 0 amide bonds. The van der Waals surface area contributed by atoms with E-state index >= 15 is 0 Å². The Hall–Kier alpha value is -3.93. The van der Waals surface area contributed by atoms with Gasteiger partial charge in [-0.3, -0.25) is 14.4 Å². The average Bonchev–Trinajstić information content (AvgIpc) is 3.42. The van der Waals surface area contributed by atoms with Crippen LogP contribution in [0.1, 0.15) is 297 Å². The molecule has 6 heteroatoms. The van der Waals surface area contributed by atoms with Gasteiger partial charge in [0.05, 0.1) is 0 Å². The summed E-state index contributed by atoms with van der Waals surface area (Å²) >= 11 is 0. The van der Waals surface area contributed by atoms with E-state index in [2.05, 4.69) is 130 Å². The van der Waals surface area contributed by atoms with Gasteiger partial charge in [-0.05, 0) is 103 Å². The van der Waals surface area contributed by atoms with Crippen LogP contribution in [0.2, 0.25) is 0 Å². The summed E-state index contributed by atoms with van der Waals surface area (Å²) in [5.74, 6) is -0.887. The van der Waals surface area contributed by atoms with Gasteiger partial charge in [-0.1, -0.05) is 284 Å². The fourth-order valence-corrected chi connectivity index (χ4v) is 8.81. The molecule has 0 heterocycles. The average molecular weight is 1060 g/mol. The Kier molecular flexibility index (Phi) is 60.3. The van der Waals surface area contributed by atoms with E-state index in [1.165, 1.54) is 141 Å². The van der Waals surface area contributed by atoms with Gasteiger partial charge in [-0.25, -0.2) is 0 Å². The predicted octanol–water partition coefficient (Wildman–Crippen LogP) is 21.8. The topological polar surface area (TPSA) is 78.9 Å². The number of allylic oxidation sites excluding steroid dienone is 18. The van der Waals surface area contributed by atoms with E-state index in [1.54, 1.807) is 0 Å². The van der Waals surface area contributed by atoms with Gasteiger partial charge in [0.2, 0.25) is 0 Å². The van der Waals surface area contributed by atoms with Crippen molar-refractivity contribution in [2.75, 3.05) is 13.2 Å². The van der Waals surface area contributed by atoms with Crippen LogP contribution in [0.25, 0.3) is 0 Å². The highest BCUT2D eigenvalue weighted by Gasteiger charge is 2.19. The third-order valence-electron chi connectivity index (χ3n) is 13.5. The van der Waals surface area contributed by atoms with Crippen molar-refractivity contribution in [3.63, 3.8) is 0 Å². The van der Waals surface area contributed by atoms with E-state index in [9.17, 15) is 14.4 Å². The number of esters is 3. The van der Waals surface area contributed by atoms with Crippen LogP contribution in [0.4, 0.5) is 0 Å². The van der Waals surface area contributed by atoms with Gasteiger partial charge in [-0.2, -0.15) is 0 Å². The third kappa shape index (κ3) is 60.9. The highest BCUT2D eigenvalue weighted by molar-refractivity contribution is 5.71. The van der Waals surface area contributed by atoms with Crippen LogP contribution < -0.4 is 0 Å². The summed E-state index contributed by atoms with van der Waals surface area (Å²) in [5.41, 5.74) is 0. The van der Waals surface area contributed by atoms with E-state index in [0.29, 0.717) is 19.3 Å². The molecule has 0 aromatic heterocycles. The van der Waals surface area contributed by atoms with Gasteiger partial charge in [0, 0.05) is 19.3 Å². The Morgan fingerprint density at radius 2 is 0.513 bits per heavy atom. The molecular formula is C70H118O6. The number of unbranched alkanes of at least 4 members (excludes halogenated alkanes) is 28. The summed E-state index contributed by atoms with van der Waals surface area (Å²) in [4.78, 5) is 38.0. The fraction of sp³-hybridized carbons (Fsp3) is 0.700. The molecule has 1 atom stereocenters. The summed E-state index contributed by atoms with van der Waals surface area (Å²) in [7, 11) is 0. The Labute approximate surface area is 470 Å². The lowest BCUT2D eigenvalue weighted by Gasteiger charge is -2.18. The highest BCUT2D eigenvalue weighted by Crippen LogP contribution is 2.16. The second kappa shape index (κ2) is 63.6. The zero-order valence-electron chi connectivity index (χ0n) is 49.7. The smallest absolute Gasteiger partial charge is 0.306 e. The molecule has 0 radical (unpaired) electrons. The lowest BCUT2D eigenvalue weighted by Crippen LogP contribution is -2.30. The Bertz CT molecular complexity index is 1540. The number of ether oxygens (including phenoxy) is 3. The molecule has 0 aliphatic heterocycles. The summed E-state index contributed by atoms with van der Waals surface area (Å²) in [6, 6.07) is 0. The molecule has 434 valence electrons. The van der Waals surface area contributed by atoms with E-state index in [1.807, 2.05) is 0 Å². The molecule has 0 saturated carbocycles. The molecule has 0 spiro atoms. The summed E-state index contributed by atoms with van der Waals surface area (Å²) in [6.45, 7) is 6.37. The quantitative estimate of drug-likeness (QED) is 0.0261. The molecule has 76 heavy (non-hydrogen) atoms. The van der Waals surface area contributed by atoms with Crippen molar-refractivity contribution < 1.29 is 28.6 Å². The first-order valence-electron chi connectivity index (χ1n) is 31.9. The van der Waals surface area contributed by atoms with Gasteiger partial charge in [0.25, 0.3) is 0 Å². The summed E-state index contributed by atoms with van der Waals surface area (Å²) < 4.78 is 16.8. The predicted molar refractivity (Wildman–Crippen MR) is 330 cm³/mol. The van der Waals surface area contributed by atoms with Gasteiger partial charge in [0.1, 0.15) is 13.2 Å². The third-order valence-corrected chi connectivity index (χ3v) is 13.5. The maximum atomic E-state index is 12.9. The van der Waals surface area contributed by atoms with Crippen molar-refractivity contribution in [1.82, 2.24) is 0 Å². The van der Waals surface area contributed by atoms with Crippen LogP contribution in [-0.4, -0.2) is 37.2 Å². The van der Waals surface area contributed by atoms with Crippen molar-refractivity contribution in [2.24, 2.45) is 0 Å². The highest BCUT2D eigenvalue weighted by atomic mass is 16.6. The number of hydrogen-bond donors (Lipinski definition) is 0. The standard InChI is InChI=1S/C70H118O6/c1-4-7-10-13-16-18-20-22-24-26-28-30-32-34-35-37-38-40-42-44-46-48-50-52-54-57-60-63-69(72)75-66-67(65-74-68(71)62-59-56-15-12-9-6-3)76-70(73)64-61-58-55-53-51-49-47-45-43-41-39-36-33-31-29-27-25-23-21-19-17-14-11-8-5-2/h7-8,10-11,16-19,22-25,28-31,34-35,67H,4-6,9,12-15,20-21,26-27,32-33,36-66H2,1-3H3/b10-7-,11-8-,18-16-,19-17-,24-22-,25-23-,30-28-,31-29-,35-34-. The number of rotatable bonds is 57. The zero-order chi connectivity index (χ0) is 55.0. The molecule has 0 aliphatic carbocycles. The lowest BCUT2D eigenvalue weighted by atomic mass is 10.0. The Balaban J connectivity index is 4.10. The molecule has 0 aromatic rings. The zero-order valence-corrected chi connectivity index (χ0v) is 49.7. The number of carbonyl (C=O) groups is 3. The van der Waals surface area contributed by atoms with E-state index in [-0.39, 0.29) is 31.1 Å². The normalized spacial score (nSPS) is 12.8. The minimum Gasteiger partial charge on any atom is -0.462 e. The number of hydrogen-bond acceptors (Lipinski definition) is 6. The first-order chi connectivity index (χ1) is 37.5. The molecule has 0 aromatic carbocycles. The van der Waals surface area contributed by atoms with Crippen LogP contribution in [0.5, 0.6) is 0 Å². The maximum absolute atomic E-state index is 12.9. The minimum absolute atomic E-state index is 0.0785. The molecule has 0 bridgehead atoms. The molecular weight excluding hydrogens is 937 g/mol. The fourth-order valence-electron chi connectivity index (χ4n) is 8.81. The lowest BCUT2D eigenvalue weighted by molar-refractivity contribution is -0.167. The SMILES string of the molecule is CC/C=C\C/C=C\C/C=C\C/C=C\C/C=C\CCCCCCCCCCCCCC(=O)OCC(COC(=O)CCCCCCCC)OC(=O)CCCCCCCCCCCCCC/C=C\C/C=C\C/C=C\C/C=C\CC. The van der Waals surface area contributed by atoms with E-state index in [0.717, 1.165) is 116 Å². The van der Waals surface area contributed by atoms with Gasteiger partial charge in [0.15, 0.2) is 6.10 Å². The summed E-state index contributed by atoms with van der Waals surface area (Å²) in [6.07, 6.45) is 87.0. The van der Waals surface area contributed by atoms with Crippen molar-refractivity contribution in [3.05, 3.63) is 109 Å². The Morgan fingerprint density at radius 3 is 0.803 bits per heavy atom. The maximum Gasteiger partial charge on any atom is 0.306 e. The van der Waals surface area contributed by atoms with Crippen LogP contribution in [0.15, 0.2) is 109 Å². The molecule has 1 unspecified atom stereocenters. The molecule has 0 fully saturated rings. The van der Waals surface area contributed by atoms with Crippen molar-refractivity contribution in [2.45, 2.75) is 303 Å². The molecule has 6 nitrogen and oxygen atoms in total. The van der Waals surface area contributed by atoms with Crippen LogP contribution >= 0.6 is 0 Å². The second-order valence-corrected chi connectivity index (χ2v) is 20.9. The molecule has 0 N–H and O–H groups in total. The van der Waals surface area contributed by atoms with Gasteiger partial charge >= 0.3 is 17.9 Å². The second-order valence-electron chi connectivity index (χ2n) is 20.9. The van der Waals surface area contributed by atoms with Crippen LogP contribution in [0.3, 0.4) is 0 Å². The first-order valence-corrected chi connectivity index (χ1v) is 31.9.